The van der Waals surface area contributed by atoms with Crippen molar-refractivity contribution < 1.29 is 4.52 Å². The topological polar surface area (TPSA) is 51.0 Å². The number of rotatable bonds is 5. The maximum Gasteiger partial charge on any atom is 0.245 e. The quantitative estimate of drug-likeness (QED) is 0.899. The van der Waals surface area contributed by atoms with Crippen molar-refractivity contribution in [3.05, 3.63) is 41.0 Å². The van der Waals surface area contributed by atoms with Crippen molar-refractivity contribution in [3.63, 3.8) is 0 Å². The first-order valence-corrected chi connectivity index (χ1v) is 6.48. The van der Waals surface area contributed by atoms with Gasteiger partial charge in [-0.2, -0.15) is 4.98 Å². The van der Waals surface area contributed by atoms with Crippen LogP contribution in [0.1, 0.15) is 24.6 Å². The third-order valence-electron chi connectivity index (χ3n) is 2.97. The number of hydrogen-bond donors (Lipinski definition) is 1. The molecule has 0 bridgehead atoms. The molecule has 0 aliphatic heterocycles. The van der Waals surface area contributed by atoms with Crippen LogP contribution in [0, 0.1) is 5.92 Å². The molecule has 1 saturated carbocycles. The van der Waals surface area contributed by atoms with Crippen LogP contribution in [0.5, 0.6) is 0 Å². The van der Waals surface area contributed by atoms with Crippen molar-refractivity contribution in [1.29, 1.82) is 0 Å². The third kappa shape index (κ3) is 3.01. The molecule has 0 spiro atoms. The third-order valence-corrected chi connectivity index (χ3v) is 3.22. The van der Waals surface area contributed by atoms with E-state index < -0.39 is 0 Å². The minimum Gasteiger partial charge on any atom is -0.376 e. The molecule has 1 heterocycles. The van der Waals surface area contributed by atoms with Gasteiger partial charge in [-0.05, 0) is 43.0 Å². The van der Waals surface area contributed by atoms with Crippen LogP contribution in [-0.2, 0) is 13.0 Å². The largest absolute Gasteiger partial charge is 0.376 e. The molecule has 1 fully saturated rings. The Morgan fingerprint density at radius 1 is 1.28 bits per heavy atom. The lowest BCUT2D eigenvalue weighted by Gasteiger charge is -2.02. The molecule has 0 atom stereocenters. The first kappa shape index (κ1) is 11.5. The van der Waals surface area contributed by atoms with Gasteiger partial charge < -0.3 is 9.84 Å². The summed E-state index contributed by atoms with van der Waals surface area (Å²) in [5.74, 6) is 2.23. The molecule has 3 rings (SSSR count). The van der Waals surface area contributed by atoms with Crippen LogP contribution in [0.4, 0.5) is 5.69 Å². The van der Waals surface area contributed by atoms with E-state index in [-0.39, 0.29) is 0 Å². The minimum absolute atomic E-state index is 0.541. The highest BCUT2D eigenvalue weighted by Gasteiger charge is 2.23. The Bertz CT molecular complexity index is 519. The Balaban J connectivity index is 1.55. The zero-order chi connectivity index (χ0) is 12.4. The highest BCUT2D eigenvalue weighted by Crippen LogP contribution is 2.31. The molecule has 1 aliphatic rings. The summed E-state index contributed by atoms with van der Waals surface area (Å²) in [4.78, 5) is 4.36. The van der Waals surface area contributed by atoms with Crippen molar-refractivity contribution in [3.8, 4) is 0 Å². The Morgan fingerprint density at radius 3 is 2.78 bits per heavy atom. The molecule has 1 aliphatic carbocycles. The van der Waals surface area contributed by atoms with Gasteiger partial charge in [-0.25, -0.2) is 0 Å². The molecule has 94 valence electrons. The number of anilines is 1. The van der Waals surface area contributed by atoms with Crippen molar-refractivity contribution in [2.45, 2.75) is 25.8 Å². The smallest absolute Gasteiger partial charge is 0.245 e. The Hall–Kier alpha value is -1.55. The van der Waals surface area contributed by atoms with Gasteiger partial charge in [0, 0.05) is 17.1 Å². The summed E-state index contributed by atoms with van der Waals surface area (Å²) in [6.45, 7) is 0.541. The Morgan fingerprint density at radius 2 is 2.06 bits per heavy atom. The fourth-order valence-corrected chi connectivity index (χ4v) is 1.90. The van der Waals surface area contributed by atoms with Crippen LogP contribution >= 0.6 is 11.6 Å². The summed E-state index contributed by atoms with van der Waals surface area (Å²) < 4.78 is 5.19. The standard InChI is InChI=1S/C13H14ClN3O/c14-10-3-5-11(6-4-10)15-8-13-16-12(17-18-13)7-9-1-2-9/h3-6,9,15H,1-2,7-8H2. The van der Waals surface area contributed by atoms with Gasteiger partial charge in [0.1, 0.15) is 0 Å². The van der Waals surface area contributed by atoms with E-state index in [0.29, 0.717) is 12.4 Å². The maximum atomic E-state index is 5.82. The molecule has 0 radical (unpaired) electrons. The Labute approximate surface area is 110 Å². The molecule has 0 saturated heterocycles. The highest BCUT2D eigenvalue weighted by atomic mass is 35.5. The van der Waals surface area contributed by atoms with Crippen LogP contribution < -0.4 is 5.32 Å². The van der Waals surface area contributed by atoms with Crippen LogP contribution in [0.2, 0.25) is 5.02 Å². The van der Waals surface area contributed by atoms with Crippen LogP contribution in [0.15, 0.2) is 28.8 Å². The molecular formula is C13H14ClN3O. The molecule has 1 aromatic carbocycles. The van der Waals surface area contributed by atoms with E-state index in [4.69, 9.17) is 16.1 Å². The SMILES string of the molecule is Clc1ccc(NCc2nc(CC3CC3)no2)cc1. The second-order valence-electron chi connectivity index (χ2n) is 4.61. The van der Waals surface area contributed by atoms with Gasteiger partial charge in [-0.3, -0.25) is 0 Å². The van der Waals surface area contributed by atoms with E-state index in [2.05, 4.69) is 15.5 Å². The van der Waals surface area contributed by atoms with Gasteiger partial charge in [0.15, 0.2) is 5.82 Å². The van der Waals surface area contributed by atoms with E-state index in [0.717, 1.165) is 28.9 Å². The Kier molecular flexibility index (Phi) is 3.19. The lowest BCUT2D eigenvalue weighted by atomic mass is 10.3. The summed E-state index contributed by atoms with van der Waals surface area (Å²) in [7, 11) is 0. The normalized spacial score (nSPS) is 14.7. The molecule has 0 amide bonds. The first-order valence-electron chi connectivity index (χ1n) is 6.10. The predicted molar refractivity (Wildman–Crippen MR) is 69.5 cm³/mol. The first-order chi connectivity index (χ1) is 8.79. The van der Waals surface area contributed by atoms with Crippen molar-refractivity contribution in [2.75, 3.05) is 5.32 Å². The zero-order valence-corrected chi connectivity index (χ0v) is 10.7. The fraction of sp³-hybridized carbons (Fsp3) is 0.385. The van der Waals surface area contributed by atoms with Crippen LogP contribution in [-0.4, -0.2) is 10.1 Å². The monoisotopic (exact) mass is 263 g/mol. The number of benzene rings is 1. The summed E-state index contributed by atoms with van der Waals surface area (Å²) in [5, 5.41) is 7.92. The summed E-state index contributed by atoms with van der Waals surface area (Å²) in [6.07, 6.45) is 3.55. The second-order valence-corrected chi connectivity index (χ2v) is 5.05. The lowest BCUT2D eigenvalue weighted by molar-refractivity contribution is 0.377. The number of nitrogens with one attached hydrogen (secondary N) is 1. The average molecular weight is 264 g/mol. The maximum absolute atomic E-state index is 5.82. The van der Waals surface area contributed by atoms with Gasteiger partial charge in [0.05, 0.1) is 6.54 Å². The number of halogens is 1. The van der Waals surface area contributed by atoms with Gasteiger partial charge in [0.25, 0.3) is 0 Å². The van der Waals surface area contributed by atoms with Gasteiger partial charge in [-0.15, -0.1) is 0 Å². The minimum atomic E-state index is 0.541. The molecule has 5 heteroatoms. The fourth-order valence-electron chi connectivity index (χ4n) is 1.77. The number of nitrogens with zero attached hydrogens (tertiary/aromatic N) is 2. The van der Waals surface area contributed by atoms with Crippen molar-refractivity contribution in [2.24, 2.45) is 5.92 Å². The summed E-state index contributed by atoms with van der Waals surface area (Å²) in [5.41, 5.74) is 0.987. The number of aromatic nitrogens is 2. The van der Waals surface area contributed by atoms with E-state index in [9.17, 15) is 0 Å². The molecule has 4 nitrogen and oxygen atoms in total. The average Bonchev–Trinajstić information content (AvgIpc) is 3.07. The molecule has 1 aromatic heterocycles. The predicted octanol–water partition coefficient (Wildman–Crippen LogP) is 3.29. The van der Waals surface area contributed by atoms with E-state index in [1.54, 1.807) is 0 Å². The molecular weight excluding hydrogens is 250 g/mol. The highest BCUT2D eigenvalue weighted by molar-refractivity contribution is 6.30. The molecule has 18 heavy (non-hydrogen) atoms. The molecule has 0 unspecified atom stereocenters. The molecule has 2 aromatic rings. The van der Waals surface area contributed by atoms with E-state index in [1.807, 2.05) is 24.3 Å². The van der Waals surface area contributed by atoms with Gasteiger partial charge in [-0.1, -0.05) is 16.8 Å². The van der Waals surface area contributed by atoms with Gasteiger partial charge >= 0.3 is 0 Å². The van der Waals surface area contributed by atoms with E-state index >= 15 is 0 Å². The number of hydrogen-bond acceptors (Lipinski definition) is 4. The van der Waals surface area contributed by atoms with Crippen LogP contribution in [0.25, 0.3) is 0 Å². The summed E-state index contributed by atoms with van der Waals surface area (Å²) in [6, 6.07) is 7.53. The van der Waals surface area contributed by atoms with Gasteiger partial charge in [0.2, 0.25) is 5.89 Å². The lowest BCUT2D eigenvalue weighted by Crippen LogP contribution is -1.99. The van der Waals surface area contributed by atoms with E-state index in [1.165, 1.54) is 12.8 Å². The van der Waals surface area contributed by atoms with Crippen LogP contribution in [0.3, 0.4) is 0 Å². The van der Waals surface area contributed by atoms with Crippen molar-refractivity contribution in [1.82, 2.24) is 10.1 Å². The van der Waals surface area contributed by atoms with Crippen molar-refractivity contribution >= 4 is 17.3 Å². The summed E-state index contributed by atoms with van der Waals surface area (Å²) >= 11 is 5.82. The second kappa shape index (κ2) is 4.98. The zero-order valence-electron chi connectivity index (χ0n) is 9.90. The molecule has 1 N–H and O–H groups in total.